The van der Waals surface area contributed by atoms with Crippen molar-refractivity contribution in [1.82, 2.24) is 0 Å². The zero-order valence-electron chi connectivity index (χ0n) is 6.26. The van der Waals surface area contributed by atoms with E-state index in [0.29, 0.717) is 6.61 Å². The van der Waals surface area contributed by atoms with Crippen molar-refractivity contribution in [3.8, 4) is 0 Å². The maximum Gasteiger partial charge on any atom is 0.114 e. The zero-order valence-corrected chi connectivity index (χ0v) is 6.26. The second kappa shape index (κ2) is 7.47. The van der Waals surface area contributed by atoms with Gasteiger partial charge >= 0.3 is 0 Å². The number of rotatable bonds is 5. The van der Waals surface area contributed by atoms with Crippen LogP contribution in [0.2, 0.25) is 0 Å². The van der Waals surface area contributed by atoms with E-state index < -0.39 is 0 Å². The van der Waals surface area contributed by atoms with Crippen molar-refractivity contribution in [1.29, 1.82) is 0 Å². The first kappa shape index (κ1) is 8.47. The monoisotopic (exact) mass is 129 g/mol. The molecule has 0 aromatic rings. The molecule has 0 aromatic carbocycles. The molecule has 0 rings (SSSR count). The average Bonchev–Trinajstić information content (AvgIpc) is 1.89. The lowest BCUT2D eigenvalue weighted by atomic mass is 10.3. The van der Waals surface area contributed by atoms with Crippen LogP contribution >= 0.6 is 0 Å². The smallest absolute Gasteiger partial charge is 0.114 e. The van der Waals surface area contributed by atoms with Gasteiger partial charge in [-0.25, -0.2) is 0 Å². The molecular weight excluding hydrogens is 114 g/mol. The molecule has 0 saturated heterocycles. The molecule has 0 aromatic heterocycles. The van der Waals surface area contributed by atoms with Crippen LogP contribution in [0.25, 0.3) is 0 Å². The van der Waals surface area contributed by atoms with Crippen molar-refractivity contribution in [2.24, 2.45) is 5.16 Å². The summed E-state index contributed by atoms with van der Waals surface area (Å²) in [6, 6.07) is 0. The number of hydrogen-bond donors (Lipinski definition) is 0. The normalized spacial score (nSPS) is 10.4. The summed E-state index contributed by atoms with van der Waals surface area (Å²) in [5, 5.41) is 3.70. The van der Waals surface area contributed by atoms with Crippen molar-refractivity contribution in [2.45, 2.75) is 33.1 Å². The maximum absolute atomic E-state index is 4.75. The summed E-state index contributed by atoms with van der Waals surface area (Å²) in [7, 11) is 0. The highest BCUT2D eigenvalue weighted by molar-refractivity contribution is 5.55. The van der Waals surface area contributed by atoms with Crippen LogP contribution in [0.5, 0.6) is 0 Å². The molecule has 0 aliphatic rings. The summed E-state index contributed by atoms with van der Waals surface area (Å²) in [4.78, 5) is 4.75. The Labute approximate surface area is 56.9 Å². The van der Waals surface area contributed by atoms with Gasteiger partial charge in [-0.05, 0) is 19.8 Å². The molecule has 2 nitrogen and oxygen atoms in total. The Kier molecular flexibility index (Phi) is 7.03. The third-order valence-electron chi connectivity index (χ3n) is 0.965. The Bertz CT molecular complexity index is 71.3. The minimum atomic E-state index is 0.669. The standard InChI is InChI=1S/C7H15NO/c1-3-5-6-7-8-9-4-2/h7H,3-6H2,1-2H3/b8-7+. The van der Waals surface area contributed by atoms with E-state index in [1.807, 2.05) is 13.1 Å². The van der Waals surface area contributed by atoms with Gasteiger partial charge in [0.1, 0.15) is 6.61 Å². The highest BCUT2D eigenvalue weighted by atomic mass is 16.6. The summed E-state index contributed by atoms with van der Waals surface area (Å²) in [6.07, 6.45) is 5.29. The van der Waals surface area contributed by atoms with Gasteiger partial charge < -0.3 is 4.84 Å². The molecule has 9 heavy (non-hydrogen) atoms. The van der Waals surface area contributed by atoms with Crippen LogP contribution in [0.4, 0.5) is 0 Å². The van der Waals surface area contributed by atoms with E-state index >= 15 is 0 Å². The van der Waals surface area contributed by atoms with Crippen molar-refractivity contribution in [3.63, 3.8) is 0 Å². The molecule has 0 atom stereocenters. The quantitative estimate of drug-likeness (QED) is 0.317. The zero-order chi connectivity index (χ0) is 6.95. The molecule has 0 fully saturated rings. The topological polar surface area (TPSA) is 21.6 Å². The largest absolute Gasteiger partial charge is 0.396 e. The molecule has 0 radical (unpaired) electrons. The van der Waals surface area contributed by atoms with Crippen LogP contribution in [0.3, 0.4) is 0 Å². The fourth-order valence-electron chi connectivity index (χ4n) is 0.475. The molecule has 0 heterocycles. The number of nitrogens with zero attached hydrogens (tertiary/aromatic N) is 1. The minimum Gasteiger partial charge on any atom is -0.396 e. The maximum atomic E-state index is 4.75. The van der Waals surface area contributed by atoms with Gasteiger partial charge in [0.15, 0.2) is 0 Å². The Hall–Kier alpha value is -0.530. The van der Waals surface area contributed by atoms with E-state index in [0.717, 1.165) is 6.42 Å². The number of unbranched alkanes of at least 4 members (excludes halogenated alkanes) is 2. The fourth-order valence-corrected chi connectivity index (χ4v) is 0.475. The summed E-state index contributed by atoms with van der Waals surface area (Å²) in [6.45, 7) is 4.76. The van der Waals surface area contributed by atoms with Crippen molar-refractivity contribution in [2.75, 3.05) is 6.61 Å². The molecule has 0 saturated carbocycles. The van der Waals surface area contributed by atoms with Crippen molar-refractivity contribution < 1.29 is 4.84 Å². The molecule has 0 bridgehead atoms. The highest BCUT2D eigenvalue weighted by Crippen LogP contribution is 1.89. The van der Waals surface area contributed by atoms with Gasteiger partial charge in [0.2, 0.25) is 0 Å². The van der Waals surface area contributed by atoms with Crippen LogP contribution in [-0.2, 0) is 4.84 Å². The Morgan fingerprint density at radius 3 is 2.78 bits per heavy atom. The third-order valence-corrected chi connectivity index (χ3v) is 0.965. The van der Waals surface area contributed by atoms with Crippen LogP contribution < -0.4 is 0 Å². The Morgan fingerprint density at radius 1 is 1.44 bits per heavy atom. The summed E-state index contributed by atoms with van der Waals surface area (Å²) in [5.41, 5.74) is 0. The van der Waals surface area contributed by atoms with E-state index in [4.69, 9.17) is 4.84 Å². The lowest BCUT2D eigenvalue weighted by Gasteiger charge is -1.89. The number of oxime groups is 1. The van der Waals surface area contributed by atoms with Crippen LogP contribution in [-0.4, -0.2) is 12.8 Å². The lowest BCUT2D eigenvalue weighted by Crippen LogP contribution is -1.80. The Balaban J connectivity index is 2.86. The van der Waals surface area contributed by atoms with Gasteiger partial charge in [0.25, 0.3) is 0 Å². The Morgan fingerprint density at radius 2 is 2.22 bits per heavy atom. The van der Waals surface area contributed by atoms with Crippen molar-refractivity contribution >= 4 is 6.21 Å². The van der Waals surface area contributed by atoms with E-state index in [9.17, 15) is 0 Å². The molecule has 0 aliphatic carbocycles. The average molecular weight is 129 g/mol. The molecule has 0 N–H and O–H groups in total. The van der Waals surface area contributed by atoms with Gasteiger partial charge in [0.05, 0.1) is 0 Å². The molecule has 54 valence electrons. The van der Waals surface area contributed by atoms with Gasteiger partial charge in [-0.15, -0.1) is 0 Å². The fraction of sp³-hybridized carbons (Fsp3) is 0.857. The van der Waals surface area contributed by atoms with Gasteiger partial charge in [-0.2, -0.15) is 0 Å². The first-order valence-electron chi connectivity index (χ1n) is 3.55. The van der Waals surface area contributed by atoms with Crippen LogP contribution in [0.1, 0.15) is 33.1 Å². The van der Waals surface area contributed by atoms with Gasteiger partial charge in [-0.3, -0.25) is 0 Å². The molecule has 0 aliphatic heterocycles. The molecule has 0 spiro atoms. The van der Waals surface area contributed by atoms with Gasteiger partial charge in [-0.1, -0.05) is 18.5 Å². The van der Waals surface area contributed by atoms with E-state index in [-0.39, 0.29) is 0 Å². The van der Waals surface area contributed by atoms with E-state index in [1.165, 1.54) is 12.8 Å². The molecule has 0 amide bonds. The lowest BCUT2D eigenvalue weighted by molar-refractivity contribution is 0.160. The predicted molar refractivity (Wildman–Crippen MR) is 39.6 cm³/mol. The third kappa shape index (κ3) is 7.47. The second-order valence-electron chi connectivity index (χ2n) is 1.85. The van der Waals surface area contributed by atoms with Crippen molar-refractivity contribution in [3.05, 3.63) is 0 Å². The predicted octanol–water partition coefficient (Wildman–Crippen LogP) is 2.20. The summed E-state index contributed by atoms with van der Waals surface area (Å²) < 4.78 is 0. The number of hydrogen-bond acceptors (Lipinski definition) is 2. The minimum absolute atomic E-state index is 0.669. The highest BCUT2D eigenvalue weighted by Gasteiger charge is 1.77. The first-order valence-corrected chi connectivity index (χ1v) is 3.55. The van der Waals surface area contributed by atoms with Gasteiger partial charge in [0, 0.05) is 6.21 Å². The molecular formula is C7H15NO. The first-order chi connectivity index (χ1) is 4.41. The van der Waals surface area contributed by atoms with E-state index in [1.54, 1.807) is 0 Å². The SMILES string of the molecule is CCCC/C=N/OCC. The van der Waals surface area contributed by atoms with E-state index in [2.05, 4.69) is 12.1 Å². The molecule has 0 unspecified atom stereocenters. The second-order valence-corrected chi connectivity index (χ2v) is 1.85. The molecule has 2 heteroatoms. The summed E-state index contributed by atoms with van der Waals surface area (Å²) in [5.74, 6) is 0. The van der Waals surface area contributed by atoms with Crippen LogP contribution in [0, 0.1) is 0 Å². The summed E-state index contributed by atoms with van der Waals surface area (Å²) >= 11 is 0. The van der Waals surface area contributed by atoms with Crippen LogP contribution in [0.15, 0.2) is 5.16 Å².